The first-order valence-electron chi connectivity index (χ1n) is 6.05. The van der Waals surface area contributed by atoms with Crippen molar-refractivity contribution in [3.05, 3.63) is 29.6 Å². The van der Waals surface area contributed by atoms with Gasteiger partial charge in [-0.1, -0.05) is 6.07 Å². The summed E-state index contributed by atoms with van der Waals surface area (Å²) in [6.45, 7) is 1.90. The van der Waals surface area contributed by atoms with Gasteiger partial charge in [0.15, 0.2) is 0 Å². The lowest BCUT2D eigenvalue weighted by molar-refractivity contribution is -0.130. The molecule has 0 bridgehead atoms. The van der Waals surface area contributed by atoms with Crippen LogP contribution < -0.4 is 15.5 Å². The van der Waals surface area contributed by atoms with Crippen molar-refractivity contribution in [1.29, 1.82) is 0 Å². The Labute approximate surface area is 110 Å². The van der Waals surface area contributed by atoms with Crippen molar-refractivity contribution in [2.45, 2.75) is 13.0 Å². The van der Waals surface area contributed by atoms with Crippen LogP contribution in [-0.4, -0.2) is 32.0 Å². The van der Waals surface area contributed by atoms with E-state index >= 15 is 0 Å². The van der Waals surface area contributed by atoms with Gasteiger partial charge in [0.2, 0.25) is 11.8 Å². The van der Waals surface area contributed by atoms with Gasteiger partial charge in [0.1, 0.15) is 5.82 Å². The quantitative estimate of drug-likeness (QED) is 0.784. The number of carbonyl (C=O) groups excluding carboxylic acids is 2. The number of nitrogens with one attached hydrogen (secondary N) is 2. The molecule has 0 aromatic heterocycles. The van der Waals surface area contributed by atoms with E-state index in [1.807, 2.05) is 6.92 Å². The maximum Gasteiger partial charge on any atom is 0.246 e. The molecule has 0 radical (unpaired) electrons. The summed E-state index contributed by atoms with van der Waals surface area (Å²) in [4.78, 5) is 24.0. The Morgan fingerprint density at radius 2 is 1.95 bits per heavy atom. The predicted molar refractivity (Wildman–Crippen MR) is 69.2 cm³/mol. The molecule has 1 heterocycles. The van der Waals surface area contributed by atoms with Gasteiger partial charge in [0.05, 0.1) is 18.8 Å². The van der Waals surface area contributed by atoms with Crippen LogP contribution >= 0.6 is 0 Å². The number of rotatable bonds is 3. The second-order valence-corrected chi connectivity index (χ2v) is 4.55. The van der Waals surface area contributed by atoms with Crippen molar-refractivity contribution in [2.75, 3.05) is 25.0 Å². The van der Waals surface area contributed by atoms with E-state index in [2.05, 4.69) is 10.6 Å². The van der Waals surface area contributed by atoms with Crippen molar-refractivity contribution in [1.82, 2.24) is 10.6 Å². The van der Waals surface area contributed by atoms with Crippen LogP contribution in [0.2, 0.25) is 0 Å². The Balaban J connectivity index is 2.25. The van der Waals surface area contributed by atoms with E-state index in [4.69, 9.17) is 0 Å². The highest BCUT2D eigenvalue weighted by Crippen LogP contribution is 2.23. The molecule has 2 rings (SSSR count). The van der Waals surface area contributed by atoms with E-state index in [9.17, 15) is 14.0 Å². The van der Waals surface area contributed by atoms with Crippen LogP contribution in [0.1, 0.15) is 18.5 Å². The first-order valence-corrected chi connectivity index (χ1v) is 6.05. The number of hydrogen-bond donors (Lipinski definition) is 2. The van der Waals surface area contributed by atoms with Crippen molar-refractivity contribution >= 4 is 17.5 Å². The summed E-state index contributed by atoms with van der Waals surface area (Å²) < 4.78 is 14.1. The fourth-order valence-corrected chi connectivity index (χ4v) is 2.02. The van der Waals surface area contributed by atoms with Crippen LogP contribution in [0, 0.1) is 5.82 Å². The molecule has 102 valence electrons. The zero-order valence-corrected chi connectivity index (χ0v) is 10.9. The molecule has 1 saturated heterocycles. The summed E-state index contributed by atoms with van der Waals surface area (Å²) in [6.07, 6.45) is 0. The number of benzene rings is 1. The van der Waals surface area contributed by atoms with E-state index in [0.29, 0.717) is 0 Å². The van der Waals surface area contributed by atoms with Gasteiger partial charge in [-0.3, -0.25) is 14.9 Å². The van der Waals surface area contributed by atoms with Crippen molar-refractivity contribution in [3.63, 3.8) is 0 Å². The summed E-state index contributed by atoms with van der Waals surface area (Å²) in [6, 6.07) is 4.85. The van der Waals surface area contributed by atoms with Crippen LogP contribution in [-0.2, 0) is 9.59 Å². The third-order valence-electron chi connectivity index (χ3n) is 3.19. The van der Waals surface area contributed by atoms with Crippen molar-refractivity contribution in [3.8, 4) is 0 Å². The molecule has 1 atom stereocenters. The molecule has 6 heteroatoms. The molecule has 0 aliphatic carbocycles. The maximum absolute atomic E-state index is 14.1. The number of amides is 2. The Bertz CT molecular complexity index is 503. The first-order chi connectivity index (χ1) is 9.01. The zero-order valence-electron chi connectivity index (χ0n) is 10.9. The summed E-state index contributed by atoms with van der Waals surface area (Å²) in [5, 5.41) is 5.21. The fraction of sp³-hybridized carbons (Fsp3) is 0.385. The first kappa shape index (κ1) is 13.5. The lowest BCUT2D eigenvalue weighted by atomic mass is 10.1. The molecule has 19 heavy (non-hydrogen) atoms. The van der Waals surface area contributed by atoms with E-state index in [1.54, 1.807) is 19.2 Å². The second kappa shape index (κ2) is 5.36. The minimum Gasteiger partial charge on any atom is -0.351 e. The van der Waals surface area contributed by atoms with Gasteiger partial charge in [0.25, 0.3) is 0 Å². The molecule has 0 spiro atoms. The Morgan fingerprint density at radius 3 is 2.47 bits per heavy atom. The minimum atomic E-state index is -0.429. The lowest BCUT2D eigenvalue weighted by Gasteiger charge is -2.28. The van der Waals surface area contributed by atoms with Gasteiger partial charge in [0, 0.05) is 6.04 Å². The molecule has 5 nitrogen and oxygen atoms in total. The van der Waals surface area contributed by atoms with Crippen LogP contribution in [0.4, 0.5) is 10.1 Å². The maximum atomic E-state index is 14.1. The fourth-order valence-electron chi connectivity index (χ4n) is 2.02. The van der Waals surface area contributed by atoms with Crippen LogP contribution in [0.3, 0.4) is 0 Å². The summed E-state index contributed by atoms with van der Waals surface area (Å²) in [5.74, 6) is -1.26. The molecule has 1 aliphatic heterocycles. The number of carbonyl (C=O) groups is 2. The number of halogens is 1. The topological polar surface area (TPSA) is 61.4 Å². The predicted octanol–water partition coefficient (Wildman–Crippen LogP) is 0.569. The molecule has 1 unspecified atom stereocenters. The van der Waals surface area contributed by atoms with Gasteiger partial charge in [-0.25, -0.2) is 4.39 Å². The van der Waals surface area contributed by atoms with Gasteiger partial charge < -0.3 is 10.2 Å². The van der Waals surface area contributed by atoms with Crippen molar-refractivity contribution in [2.24, 2.45) is 0 Å². The molecule has 2 amide bonds. The largest absolute Gasteiger partial charge is 0.351 e. The van der Waals surface area contributed by atoms with E-state index < -0.39 is 17.6 Å². The molecular formula is C13H16FN3O2. The zero-order chi connectivity index (χ0) is 14.0. The monoisotopic (exact) mass is 265 g/mol. The Hall–Kier alpha value is -1.95. The molecule has 0 saturated carbocycles. The number of hydrogen-bond acceptors (Lipinski definition) is 4. The Kier molecular flexibility index (Phi) is 3.80. The highest BCUT2D eigenvalue weighted by atomic mass is 19.1. The lowest BCUT2D eigenvalue weighted by Crippen LogP contribution is -2.51. The highest BCUT2D eigenvalue weighted by Gasteiger charge is 2.24. The molecular weight excluding hydrogens is 249 g/mol. The molecule has 1 aliphatic rings. The minimum absolute atomic E-state index is 0.0103. The van der Waals surface area contributed by atoms with E-state index in [-0.39, 0.29) is 24.8 Å². The number of anilines is 1. The molecule has 1 aromatic rings. The summed E-state index contributed by atoms with van der Waals surface area (Å²) in [5.41, 5.74) is 1.09. The Morgan fingerprint density at radius 1 is 1.32 bits per heavy atom. The van der Waals surface area contributed by atoms with E-state index in [1.165, 1.54) is 11.0 Å². The summed E-state index contributed by atoms with van der Waals surface area (Å²) >= 11 is 0. The van der Waals surface area contributed by atoms with E-state index in [0.717, 1.165) is 5.56 Å². The average molecular weight is 265 g/mol. The van der Waals surface area contributed by atoms with Crippen LogP contribution in [0.15, 0.2) is 18.2 Å². The third kappa shape index (κ3) is 2.90. The average Bonchev–Trinajstić information content (AvgIpc) is 2.36. The van der Waals surface area contributed by atoms with Gasteiger partial charge >= 0.3 is 0 Å². The van der Waals surface area contributed by atoms with Gasteiger partial charge in [-0.2, -0.15) is 0 Å². The number of piperazine rings is 1. The summed E-state index contributed by atoms with van der Waals surface area (Å²) in [7, 11) is 1.80. The normalized spacial score (nSPS) is 17.3. The highest BCUT2D eigenvalue weighted by molar-refractivity contribution is 6.02. The number of imide groups is 1. The molecule has 1 fully saturated rings. The van der Waals surface area contributed by atoms with Crippen molar-refractivity contribution < 1.29 is 14.0 Å². The number of nitrogens with zero attached hydrogens (tertiary/aromatic N) is 1. The van der Waals surface area contributed by atoms with Crippen LogP contribution in [0.25, 0.3) is 0 Å². The van der Waals surface area contributed by atoms with Gasteiger partial charge in [-0.05, 0) is 31.7 Å². The third-order valence-corrected chi connectivity index (χ3v) is 3.19. The standard InChI is InChI=1S/C13H16FN3O2/c1-8(15-2)9-3-4-11(10(14)5-9)17-6-12(18)16-13(19)7-17/h3-5,8,15H,6-7H2,1-2H3,(H,16,18,19). The second-order valence-electron chi connectivity index (χ2n) is 4.55. The SMILES string of the molecule is CNC(C)c1ccc(N2CC(=O)NC(=O)C2)c(F)c1. The van der Waals surface area contributed by atoms with Crippen LogP contribution in [0.5, 0.6) is 0 Å². The molecule has 2 N–H and O–H groups in total. The van der Waals surface area contributed by atoms with Gasteiger partial charge in [-0.15, -0.1) is 0 Å². The molecule has 1 aromatic carbocycles. The smallest absolute Gasteiger partial charge is 0.246 e.